The summed E-state index contributed by atoms with van der Waals surface area (Å²) >= 11 is 1.69. The molecule has 2 aromatic heterocycles. The number of halogens is 1. The van der Waals surface area contributed by atoms with Crippen LogP contribution in [0.15, 0.2) is 36.7 Å². The lowest BCUT2D eigenvalue weighted by Gasteiger charge is -2.07. The Morgan fingerprint density at radius 1 is 1.25 bits per heavy atom. The Kier molecular flexibility index (Phi) is 4.34. The number of nitrogens with zero attached hydrogens (tertiary/aromatic N) is 4. The van der Waals surface area contributed by atoms with Crippen LogP contribution in [0.5, 0.6) is 0 Å². The zero-order valence-electron chi connectivity index (χ0n) is 13.2. The van der Waals surface area contributed by atoms with E-state index in [2.05, 4.69) is 20.5 Å². The quantitative estimate of drug-likeness (QED) is 0.666. The van der Waals surface area contributed by atoms with E-state index >= 15 is 0 Å². The number of hydrogen-bond acceptors (Lipinski definition) is 5. The number of hydrogen-bond donors (Lipinski definition) is 1. The van der Waals surface area contributed by atoms with E-state index in [1.165, 1.54) is 18.9 Å². The van der Waals surface area contributed by atoms with E-state index < -0.39 is 0 Å². The van der Waals surface area contributed by atoms with Gasteiger partial charge in [-0.15, -0.1) is 10.2 Å². The molecule has 0 bridgehead atoms. The third kappa shape index (κ3) is 3.21. The van der Waals surface area contributed by atoms with Crippen LogP contribution < -0.4 is 5.32 Å². The second kappa shape index (κ2) is 6.76. The molecule has 7 heteroatoms. The van der Waals surface area contributed by atoms with Crippen molar-refractivity contribution >= 4 is 23.2 Å². The van der Waals surface area contributed by atoms with Crippen LogP contribution >= 0.6 is 11.8 Å². The smallest absolute Gasteiger partial charge is 0.203 e. The maximum absolute atomic E-state index is 13.6. The van der Waals surface area contributed by atoms with Gasteiger partial charge in [-0.25, -0.2) is 9.37 Å². The van der Waals surface area contributed by atoms with Gasteiger partial charge in [-0.1, -0.05) is 18.2 Å². The predicted molar refractivity (Wildman–Crippen MR) is 93.8 cm³/mol. The highest BCUT2D eigenvalue weighted by atomic mass is 32.2. The van der Waals surface area contributed by atoms with Crippen LogP contribution in [0.1, 0.15) is 30.1 Å². The number of thioether (sulfide) groups is 1. The molecule has 0 amide bonds. The van der Waals surface area contributed by atoms with Gasteiger partial charge in [0.15, 0.2) is 5.82 Å². The van der Waals surface area contributed by atoms with Crippen molar-refractivity contribution in [2.24, 2.45) is 0 Å². The monoisotopic (exact) mass is 343 g/mol. The summed E-state index contributed by atoms with van der Waals surface area (Å²) < 4.78 is 15.6. The number of aromatic nitrogens is 4. The molecule has 4 rings (SSSR count). The second-order valence-electron chi connectivity index (χ2n) is 5.87. The average Bonchev–Trinajstić information content (AvgIpc) is 3.35. The van der Waals surface area contributed by atoms with Crippen LogP contribution in [0.2, 0.25) is 0 Å². The molecule has 24 heavy (non-hydrogen) atoms. The van der Waals surface area contributed by atoms with Gasteiger partial charge < -0.3 is 5.32 Å². The topological polar surface area (TPSA) is 55.1 Å². The van der Waals surface area contributed by atoms with Crippen molar-refractivity contribution in [2.45, 2.75) is 24.5 Å². The number of benzene rings is 1. The van der Waals surface area contributed by atoms with Gasteiger partial charge >= 0.3 is 0 Å². The van der Waals surface area contributed by atoms with Crippen LogP contribution in [0, 0.1) is 5.82 Å². The summed E-state index contributed by atoms with van der Waals surface area (Å²) in [7, 11) is 0. The normalized spacial score (nSPS) is 14.2. The first-order valence-corrected chi connectivity index (χ1v) is 9.23. The highest BCUT2D eigenvalue weighted by Crippen LogP contribution is 2.39. The van der Waals surface area contributed by atoms with Crippen molar-refractivity contribution in [3.63, 3.8) is 0 Å². The Bertz CT molecular complexity index is 846. The van der Waals surface area contributed by atoms with Crippen molar-refractivity contribution in [2.75, 3.05) is 17.6 Å². The van der Waals surface area contributed by atoms with Gasteiger partial charge in [0, 0.05) is 36.4 Å². The largest absolute Gasteiger partial charge is 0.366 e. The zero-order valence-corrected chi connectivity index (χ0v) is 14.0. The third-order valence-corrected chi connectivity index (χ3v) is 5.06. The second-order valence-corrected chi connectivity index (χ2v) is 6.98. The Balaban J connectivity index is 1.33. The minimum Gasteiger partial charge on any atom is -0.366 e. The molecule has 1 saturated carbocycles. The minimum atomic E-state index is -0.138. The molecule has 3 aromatic rings. The molecule has 1 fully saturated rings. The fraction of sp³-hybridized carbons (Fsp3) is 0.353. The van der Waals surface area contributed by atoms with E-state index in [-0.39, 0.29) is 5.82 Å². The molecule has 0 unspecified atom stereocenters. The van der Waals surface area contributed by atoms with Crippen LogP contribution in [-0.4, -0.2) is 31.9 Å². The van der Waals surface area contributed by atoms with Crippen molar-refractivity contribution in [3.05, 3.63) is 53.9 Å². The lowest BCUT2D eigenvalue weighted by atomic mass is 10.2. The molecule has 1 aromatic carbocycles. The summed E-state index contributed by atoms with van der Waals surface area (Å²) in [5.41, 5.74) is 1.52. The van der Waals surface area contributed by atoms with Gasteiger partial charge in [0.25, 0.3) is 0 Å². The third-order valence-electron chi connectivity index (χ3n) is 4.05. The van der Waals surface area contributed by atoms with Crippen LogP contribution in [0.3, 0.4) is 0 Å². The molecular weight excluding hydrogens is 325 g/mol. The lowest BCUT2D eigenvalue weighted by molar-refractivity contribution is 0.617. The first-order valence-electron chi connectivity index (χ1n) is 8.07. The van der Waals surface area contributed by atoms with Gasteiger partial charge in [0.2, 0.25) is 5.65 Å². The van der Waals surface area contributed by atoms with Crippen molar-refractivity contribution in [1.82, 2.24) is 19.6 Å². The summed E-state index contributed by atoms with van der Waals surface area (Å²) in [6.07, 6.45) is 6.08. The molecule has 1 aliphatic rings. The first-order chi connectivity index (χ1) is 11.8. The molecule has 0 radical (unpaired) electrons. The maximum atomic E-state index is 13.6. The van der Waals surface area contributed by atoms with Crippen molar-refractivity contribution in [3.8, 4) is 0 Å². The van der Waals surface area contributed by atoms with Gasteiger partial charge in [0.05, 0.1) is 0 Å². The summed E-state index contributed by atoms with van der Waals surface area (Å²) in [5, 5.41) is 11.9. The lowest BCUT2D eigenvalue weighted by Crippen LogP contribution is -2.08. The van der Waals surface area contributed by atoms with E-state index in [1.54, 1.807) is 24.0 Å². The number of rotatable bonds is 7. The number of fused-ring (bicyclic) bond motifs is 1. The van der Waals surface area contributed by atoms with Crippen LogP contribution in [-0.2, 0) is 5.75 Å². The minimum absolute atomic E-state index is 0.138. The Hall–Kier alpha value is -2.15. The molecule has 0 spiro atoms. The molecule has 1 aliphatic carbocycles. The van der Waals surface area contributed by atoms with E-state index in [9.17, 15) is 4.39 Å². The summed E-state index contributed by atoms with van der Waals surface area (Å²) in [6.45, 7) is 0.747. The van der Waals surface area contributed by atoms with Gasteiger partial charge in [-0.3, -0.25) is 4.40 Å². The fourth-order valence-electron chi connectivity index (χ4n) is 2.63. The Morgan fingerprint density at radius 2 is 2.12 bits per heavy atom. The predicted octanol–water partition coefficient (Wildman–Crippen LogP) is 3.49. The zero-order chi connectivity index (χ0) is 16.4. The molecular formula is C17H18FN5S. The maximum Gasteiger partial charge on any atom is 0.203 e. The highest BCUT2D eigenvalue weighted by Gasteiger charge is 2.29. The van der Waals surface area contributed by atoms with E-state index in [0.717, 1.165) is 35.2 Å². The van der Waals surface area contributed by atoms with E-state index in [4.69, 9.17) is 0 Å². The Labute approximate surface area is 143 Å². The van der Waals surface area contributed by atoms with Crippen LogP contribution in [0.25, 0.3) is 5.65 Å². The van der Waals surface area contributed by atoms with E-state index in [1.807, 2.05) is 22.7 Å². The molecule has 5 nitrogen and oxygen atoms in total. The van der Waals surface area contributed by atoms with Crippen molar-refractivity contribution < 1.29 is 4.39 Å². The average molecular weight is 343 g/mol. The molecule has 1 N–H and O–H groups in total. The number of nitrogens with one attached hydrogen (secondary N) is 1. The fourth-order valence-corrected chi connectivity index (χ4v) is 3.47. The summed E-state index contributed by atoms with van der Waals surface area (Å²) in [5.74, 6) is 3.73. The summed E-state index contributed by atoms with van der Waals surface area (Å²) in [4.78, 5) is 4.37. The van der Waals surface area contributed by atoms with E-state index in [0.29, 0.717) is 11.7 Å². The molecule has 2 heterocycles. The Morgan fingerprint density at radius 3 is 2.96 bits per heavy atom. The van der Waals surface area contributed by atoms with Gasteiger partial charge in [-0.05, 0) is 24.5 Å². The van der Waals surface area contributed by atoms with Crippen molar-refractivity contribution in [1.29, 1.82) is 0 Å². The van der Waals surface area contributed by atoms with Gasteiger partial charge in [-0.2, -0.15) is 11.8 Å². The first kappa shape index (κ1) is 15.4. The van der Waals surface area contributed by atoms with Gasteiger partial charge in [0.1, 0.15) is 11.6 Å². The molecule has 124 valence electrons. The SMILES string of the molecule is Fc1ccccc1CSCCNc1nccn2c(C3CC3)nnc12. The summed E-state index contributed by atoms with van der Waals surface area (Å²) in [6, 6.07) is 6.91. The molecule has 0 aliphatic heterocycles. The standard InChI is InChI=1S/C17H18FN5S/c18-14-4-2-1-3-13(14)11-24-10-8-20-15-17-22-21-16(12-5-6-12)23(17)9-7-19-15/h1-4,7,9,12H,5-6,8,10-11H2,(H,19,20). The van der Waals surface area contributed by atoms with Crippen LogP contribution in [0.4, 0.5) is 10.2 Å². The molecule has 0 atom stereocenters. The number of anilines is 1. The molecule has 0 saturated heterocycles. The highest BCUT2D eigenvalue weighted by molar-refractivity contribution is 7.98.